The summed E-state index contributed by atoms with van der Waals surface area (Å²) in [6.07, 6.45) is 3.95. The fourth-order valence-electron chi connectivity index (χ4n) is 3.09. The lowest BCUT2D eigenvalue weighted by molar-refractivity contribution is -0.688. The molecule has 136 valence electrons. The van der Waals surface area contributed by atoms with Crippen molar-refractivity contribution in [1.29, 1.82) is 0 Å². The average Bonchev–Trinajstić information content (AvgIpc) is 2.76. The molecule has 0 spiro atoms. The van der Waals surface area contributed by atoms with Crippen molar-refractivity contribution in [2.24, 2.45) is 0 Å². The number of pyridine rings is 1. The average molecular weight is 365 g/mol. The van der Waals surface area contributed by atoms with Crippen molar-refractivity contribution in [2.75, 3.05) is 5.32 Å². The van der Waals surface area contributed by atoms with Crippen molar-refractivity contribution in [1.82, 2.24) is 0 Å². The molecule has 0 aliphatic carbocycles. The number of amides is 1. The van der Waals surface area contributed by atoms with Gasteiger partial charge >= 0.3 is 0 Å². The molecule has 0 atom stereocenters. The first-order valence-corrected chi connectivity index (χ1v) is 9.28. The number of carbonyl (C=O) groups is 1. The van der Waals surface area contributed by atoms with E-state index in [1.807, 2.05) is 85.2 Å². The fraction of sp³-hybridized carbons (Fsp3) is 0.0400. The molecule has 3 aromatic carbocycles. The van der Waals surface area contributed by atoms with Crippen LogP contribution in [0, 0.1) is 0 Å². The van der Waals surface area contributed by atoms with Crippen LogP contribution in [0.5, 0.6) is 0 Å². The van der Waals surface area contributed by atoms with Gasteiger partial charge in [0.25, 0.3) is 5.91 Å². The second-order valence-electron chi connectivity index (χ2n) is 6.64. The smallest absolute Gasteiger partial charge is 0.255 e. The third kappa shape index (κ3) is 4.33. The van der Waals surface area contributed by atoms with Gasteiger partial charge in [0, 0.05) is 23.3 Å². The van der Waals surface area contributed by atoms with Crippen LogP contribution in [0.1, 0.15) is 15.9 Å². The van der Waals surface area contributed by atoms with E-state index in [2.05, 4.69) is 34.1 Å². The highest BCUT2D eigenvalue weighted by atomic mass is 16.1. The zero-order valence-corrected chi connectivity index (χ0v) is 15.5. The number of anilines is 1. The van der Waals surface area contributed by atoms with Gasteiger partial charge in [-0.2, -0.15) is 0 Å². The summed E-state index contributed by atoms with van der Waals surface area (Å²) in [5.41, 5.74) is 4.89. The molecule has 0 aliphatic rings. The number of hydrogen-bond donors (Lipinski definition) is 1. The lowest BCUT2D eigenvalue weighted by Crippen LogP contribution is -2.33. The predicted molar refractivity (Wildman–Crippen MR) is 112 cm³/mol. The Labute approximate surface area is 164 Å². The van der Waals surface area contributed by atoms with Crippen molar-refractivity contribution in [2.45, 2.75) is 6.54 Å². The molecule has 1 aromatic heterocycles. The number of nitrogens with zero attached hydrogens (tertiary/aromatic N) is 1. The number of rotatable bonds is 5. The molecule has 0 unspecified atom stereocenters. The summed E-state index contributed by atoms with van der Waals surface area (Å²) in [5, 5.41) is 2.96. The number of nitrogens with one attached hydrogen (secondary N) is 1. The number of carbonyl (C=O) groups excluding carboxylic acids is 1. The van der Waals surface area contributed by atoms with Crippen molar-refractivity contribution in [3.63, 3.8) is 0 Å². The Bertz CT molecular complexity index is 1040. The van der Waals surface area contributed by atoms with Crippen LogP contribution in [-0.4, -0.2) is 5.91 Å². The van der Waals surface area contributed by atoms with E-state index in [9.17, 15) is 4.79 Å². The highest BCUT2D eigenvalue weighted by Crippen LogP contribution is 2.19. The second kappa shape index (κ2) is 8.31. The summed E-state index contributed by atoms with van der Waals surface area (Å²) in [4.78, 5) is 12.5. The van der Waals surface area contributed by atoms with E-state index in [4.69, 9.17) is 0 Å². The molecule has 0 fully saturated rings. The van der Waals surface area contributed by atoms with Gasteiger partial charge in [0.05, 0.1) is 5.69 Å². The van der Waals surface area contributed by atoms with Crippen LogP contribution in [-0.2, 0) is 6.54 Å². The Morgan fingerprint density at radius 1 is 0.679 bits per heavy atom. The van der Waals surface area contributed by atoms with E-state index in [1.165, 1.54) is 5.56 Å². The Morgan fingerprint density at radius 2 is 1.25 bits per heavy atom. The highest BCUT2D eigenvalue weighted by molar-refractivity contribution is 6.04. The van der Waals surface area contributed by atoms with E-state index in [0.29, 0.717) is 5.56 Å². The third-order valence-electron chi connectivity index (χ3n) is 4.61. The first-order valence-electron chi connectivity index (χ1n) is 9.28. The lowest BCUT2D eigenvalue weighted by atomic mass is 10.0. The molecule has 1 amide bonds. The van der Waals surface area contributed by atoms with Gasteiger partial charge in [0.2, 0.25) is 0 Å². The van der Waals surface area contributed by atoms with Crippen molar-refractivity contribution >= 4 is 11.6 Å². The van der Waals surface area contributed by atoms with Gasteiger partial charge in [-0.3, -0.25) is 4.79 Å². The molecule has 28 heavy (non-hydrogen) atoms. The molecular formula is C25H21N2O+. The molecule has 0 bridgehead atoms. The molecule has 3 nitrogen and oxygen atoms in total. The van der Waals surface area contributed by atoms with Crippen LogP contribution in [0.2, 0.25) is 0 Å². The van der Waals surface area contributed by atoms with Crippen LogP contribution in [0.25, 0.3) is 11.1 Å². The van der Waals surface area contributed by atoms with Gasteiger partial charge in [-0.1, -0.05) is 72.8 Å². The van der Waals surface area contributed by atoms with Crippen LogP contribution >= 0.6 is 0 Å². The normalized spacial score (nSPS) is 10.4. The van der Waals surface area contributed by atoms with Gasteiger partial charge in [-0.25, -0.2) is 4.57 Å². The second-order valence-corrected chi connectivity index (χ2v) is 6.64. The number of aromatic nitrogens is 1. The fourth-order valence-corrected chi connectivity index (χ4v) is 3.09. The molecule has 4 rings (SSSR count). The predicted octanol–water partition coefficient (Wildman–Crippen LogP) is 4.94. The van der Waals surface area contributed by atoms with Crippen LogP contribution < -0.4 is 9.88 Å². The minimum atomic E-state index is -0.111. The topological polar surface area (TPSA) is 33.0 Å². The Hall–Kier alpha value is -3.72. The third-order valence-corrected chi connectivity index (χ3v) is 4.61. The largest absolute Gasteiger partial charge is 0.322 e. The maximum absolute atomic E-state index is 12.5. The maximum Gasteiger partial charge on any atom is 0.255 e. The minimum absolute atomic E-state index is 0.111. The Morgan fingerprint density at radius 3 is 1.89 bits per heavy atom. The first-order chi connectivity index (χ1) is 13.8. The van der Waals surface area contributed by atoms with E-state index >= 15 is 0 Å². The maximum atomic E-state index is 12.5. The number of benzene rings is 3. The molecule has 0 aliphatic heterocycles. The van der Waals surface area contributed by atoms with Crippen molar-refractivity contribution in [3.05, 3.63) is 121 Å². The molecule has 0 radical (unpaired) electrons. The monoisotopic (exact) mass is 365 g/mol. The summed E-state index contributed by atoms with van der Waals surface area (Å²) in [6.45, 7) is 0.802. The quantitative estimate of drug-likeness (QED) is 0.499. The van der Waals surface area contributed by atoms with E-state index in [-0.39, 0.29) is 5.91 Å². The summed E-state index contributed by atoms with van der Waals surface area (Å²) in [5.74, 6) is -0.111. The molecule has 3 heteroatoms. The molecular weight excluding hydrogens is 344 g/mol. The minimum Gasteiger partial charge on any atom is -0.322 e. The summed E-state index contributed by atoms with van der Waals surface area (Å²) < 4.78 is 2.08. The van der Waals surface area contributed by atoms with Gasteiger partial charge in [-0.15, -0.1) is 0 Å². The molecule has 1 heterocycles. The zero-order chi connectivity index (χ0) is 19.2. The van der Waals surface area contributed by atoms with Crippen LogP contribution in [0.4, 0.5) is 5.69 Å². The summed E-state index contributed by atoms with van der Waals surface area (Å²) in [7, 11) is 0. The number of hydrogen-bond acceptors (Lipinski definition) is 1. The van der Waals surface area contributed by atoms with E-state index in [0.717, 1.165) is 23.4 Å². The van der Waals surface area contributed by atoms with Crippen molar-refractivity contribution < 1.29 is 9.36 Å². The van der Waals surface area contributed by atoms with Crippen LogP contribution in [0.15, 0.2) is 109 Å². The highest BCUT2D eigenvalue weighted by Gasteiger charge is 2.08. The van der Waals surface area contributed by atoms with Crippen molar-refractivity contribution in [3.8, 4) is 11.1 Å². The molecule has 0 saturated heterocycles. The molecule has 1 N–H and O–H groups in total. The molecule has 0 saturated carbocycles. The Kier molecular flexibility index (Phi) is 5.25. The van der Waals surface area contributed by atoms with Gasteiger partial charge in [-0.05, 0) is 23.3 Å². The first kappa shape index (κ1) is 17.7. The molecule has 4 aromatic rings. The standard InChI is InChI=1S/C25H20N2O/c28-25(23-13-11-22(12-14-23)21-9-5-2-6-10-21)26-24-15-17-27(18-16-24)19-20-7-3-1-4-8-20/h1-18H,19H2/p+1. The Balaban J connectivity index is 1.40. The lowest BCUT2D eigenvalue weighted by Gasteiger charge is -2.06. The van der Waals surface area contributed by atoms with E-state index in [1.54, 1.807) is 0 Å². The SMILES string of the molecule is O=C(Nc1cc[n+](Cc2ccccc2)cc1)c1ccc(-c2ccccc2)cc1. The zero-order valence-electron chi connectivity index (χ0n) is 15.5. The van der Waals surface area contributed by atoms with Crippen LogP contribution in [0.3, 0.4) is 0 Å². The summed E-state index contributed by atoms with van der Waals surface area (Å²) >= 11 is 0. The van der Waals surface area contributed by atoms with Gasteiger partial charge in [0.15, 0.2) is 18.9 Å². The van der Waals surface area contributed by atoms with Gasteiger partial charge in [0.1, 0.15) is 0 Å². The van der Waals surface area contributed by atoms with Gasteiger partial charge < -0.3 is 5.32 Å². The van der Waals surface area contributed by atoms with E-state index < -0.39 is 0 Å². The summed E-state index contributed by atoms with van der Waals surface area (Å²) in [6, 6.07) is 31.9.